The highest BCUT2D eigenvalue weighted by molar-refractivity contribution is 7.11. The lowest BCUT2D eigenvalue weighted by molar-refractivity contribution is -0.139. The lowest BCUT2D eigenvalue weighted by Gasteiger charge is -2.25. The Balaban J connectivity index is 1.72. The molecule has 1 atom stereocenters. The Morgan fingerprint density at radius 3 is 2.48 bits per heavy atom. The van der Waals surface area contributed by atoms with Gasteiger partial charge in [0.25, 0.3) is 5.91 Å². The zero-order chi connectivity index (χ0) is 21.0. The summed E-state index contributed by atoms with van der Waals surface area (Å²) in [5.74, 6) is -0.566. The summed E-state index contributed by atoms with van der Waals surface area (Å²) in [6.45, 7) is 6.32. The molecule has 1 aliphatic heterocycles. The Kier molecular flexibility index (Phi) is 6.37. The molecule has 1 saturated heterocycles. The quantitative estimate of drug-likeness (QED) is 0.675. The van der Waals surface area contributed by atoms with Gasteiger partial charge in [-0.3, -0.25) is 14.5 Å². The topological polar surface area (TPSA) is 69.7 Å². The minimum absolute atomic E-state index is 0.226. The summed E-state index contributed by atoms with van der Waals surface area (Å²) in [4.78, 5) is 43.0. The first-order chi connectivity index (χ1) is 13.8. The number of nitrogens with one attached hydrogen (secondary N) is 1. The molecule has 0 saturated carbocycles. The third-order valence-corrected chi connectivity index (χ3v) is 6.34. The van der Waals surface area contributed by atoms with Crippen molar-refractivity contribution >= 4 is 29.2 Å². The van der Waals surface area contributed by atoms with E-state index in [-0.39, 0.29) is 18.4 Å². The van der Waals surface area contributed by atoms with Crippen LogP contribution in [0.5, 0.6) is 0 Å². The Morgan fingerprint density at radius 2 is 1.90 bits per heavy atom. The third kappa shape index (κ3) is 4.85. The second-order valence-corrected chi connectivity index (χ2v) is 8.94. The van der Waals surface area contributed by atoms with E-state index in [1.807, 2.05) is 56.3 Å². The number of carbonyl (C=O) groups excluding carboxylic acids is 3. The summed E-state index contributed by atoms with van der Waals surface area (Å²) < 4.78 is 0. The van der Waals surface area contributed by atoms with Crippen molar-refractivity contribution in [3.8, 4) is 0 Å². The summed E-state index contributed by atoms with van der Waals surface area (Å²) in [7, 11) is 0. The Bertz CT molecular complexity index is 896. The van der Waals surface area contributed by atoms with Crippen LogP contribution in [0.15, 0.2) is 42.5 Å². The Hall–Kier alpha value is -2.67. The standard InChI is InChI=1S/C22H27N3O3S/c1-4-22(3)20(27)25(21(28)23-22)15-19(26)24(14-18-11-10-16(2)29-18)13-12-17-8-6-5-7-9-17/h5-11H,4,12-15H2,1-3H3,(H,23,28)/t22-/m1/s1. The van der Waals surface area contributed by atoms with Gasteiger partial charge >= 0.3 is 6.03 Å². The molecule has 0 radical (unpaired) electrons. The first kappa shape index (κ1) is 21.0. The number of hydrogen-bond acceptors (Lipinski definition) is 4. The molecule has 0 spiro atoms. The minimum atomic E-state index is -0.933. The van der Waals surface area contributed by atoms with Gasteiger partial charge in [0.05, 0.1) is 6.54 Å². The number of imide groups is 1. The van der Waals surface area contributed by atoms with Crippen molar-refractivity contribution < 1.29 is 14.4 Å². The smallest absolute Gasteiger partial charge is 0.325 e. The fraction of sp³-hybridized carbons (Fsp3) is 0.409. The van der Waals surface area contributed by atoms with Crippen molar-refractivity contribution in [2.75, 3.05) is 13.1 Å². The van der Waals surface area contributed by atoms with Crippen LogP contribution in [0.3, 0.4) is 0 Å². The maximum absolute atomic E-state index is 13.1. The molecule has 2 aromatic rings. The lowest BCUT2D eigenvalue weighted by atomic mass is 9.99. The number of urea groups is 1. The van der Waals surface area contributed by atoms with E-state index in [2.05, 4.69) is 5.32 Å². The highest BCUT2D eigenvalue weighted by atomic mass is 32.1. The average molecular weight is 414 g/mol. The van der Waals surface area contributed by atoms with Gasteiger partial charge in [-0.15, -0.1) is 11.3 Å². The molecule has 6 nitrogen and oxygen atoms in total. The van der Waals surface area contributed by atoms with Gasteiger partial charge in [0.15, 0.2) is 0 Å². The van der Waals surface area contributed by atoms with Crippen molar-refractivity contribution in [1.29, 1.82) is 0 Å². The van der Waals surface area contributed by atoms with Gasteiger partial charge < -0.3 is 10.2 Å². The first-order valence-electron chi connectivity index (χ1n) is 9.83. The highest BCUT2D eigenvalue weighted by Gasteiger charge is 2.47. The van der Waals surface area contributed by atoms with Crippen LogP contribution in [0.1, 0.15) is 35.6 Å². The molecule has 2 heterocycles. The highest BCUT2D eigenvalue weighted by Crippen LogP contribution is 2.22. The van der Waals surface area contributed by atoms with E-state index in [4.69, 9.17) is 0 Å². The molecule has 1 aromatic carbocycles. The van der Waals surface area contributed by atoms with Crippen LogP contribution in [-0.4, -0.2) is 46.3 Å². The summed E-state index contributed by atoms with van der Waals surface area (Å²) in [6, 6.07) is 13.5. The SMILES string of the molecule is CC[C@@]1(C)NC(=O)N(CC(=O)N(CCc2ccccc2)Cc2ccc(C)s2)C1=O. The Labute approximate surface area is 175 Å². The number of hydrogen-bond donors (Lipinski definition) is 1. The molecular formula is C22H27N3O3S. The van der Waals surface area contributed by atoms with Gasteiger partial charge in [0.2, 0.25) is 5.91 Å². The summed E-state index contributed by atoms with van der Waals surface area (Å²) >= 11 is 1.65. The van der Waals surface area contributed by atoms with E-state index < -0.39 is 11.6 Å². The predicted molar refractivity (Wildman–Crippen MR) is 114 cm³/mol. The summed E-state index contributed by atoms with van der Waals surface area (Å²) in [5.41, 5.74) is 0.207. The molecule has 1 aliphatic rings. The number of carbonyl (C=O) groups is 3. The molecule has 0 aliphatic carbocycles. The van der Waals surface area contributed by atoms with Gasteiger partial charge in [0, 0.05) is 16.3 Å². The Morgan fingerprint density at radius 1 is 1.17 bits per heavy atom. The van der Waals surface area contributed by atoms with Crippen LogP contribution in [0.2, 0.25) is 0 Å². The zero-order valence-electron chi connectivity index (χ0n) is 17.1. The largest absolute Gasteiger partial charge is 0.336 e. The minimum Gasteiger partial charge on any atom is -0.336 e. The van der Waals surface area contributed by atoms with Gasteiger partial charge in [0.1, 0.15) is 12.1 Å². The van der Waals surface area contributed by atoms with E-state index in [1.54, 1.807) is 23.2 Å². The first-order valence-corrected chi connectivity index (χ1v) is 10.6. The van der Waals surface area contributed by atoms with E-state index in [1.165, 1.54) is 4.88 Å². The number of rotatable bonds is 8. The second kappa shape index (κ2) is 8.78. The number of amides is 4. The molecule has 3 rings (SSSR count). The van der Waals surface area contributed by atoms with Gasteiger partial charge in [-0.05, 0) is 44.4 Å². The maximum atomic E-state index is 13.1. The van der Waals surface area contributed by atoms with E-state index in [0.717, 1.165) is 15.3 Å². The van der Waals surface area contributed by atoms with Crippen molar-refractivity contribution in [1.82, 2.24) is 15.1 Å². The van der Waals surface area contributed by atoms with Crippen molar-refractivity contribution in [3.05, 3.63) is 57.8 Å². The average Bonchev–Trinajstić information content (AvgIpc) is 3.22. The number of thiophene rings is 1. The number of aryl methyl sites for hydroxylation is 1. The molecule has 1 N–H and O–H groups in total. The van der Waals surface area contributed by atoms with Crippen molar-refractivity contribution in [2.45, 2.75) is 45.7 Å². The third-order valence-electron chi connectivity index (χ3n) is 5.35. The van der Waals surface area contributed by atoms with E-state index >= 15 is 0 Å². The molecule has 1 fully saturated rings. The number of nitrogens with zero attached hydrogens (tertiary/aromatic N) is 2. The zero-order valence-corrected chi connectivity index (χ0v) is 17.9. The van der Waals surface area contributed by atoms with Crippen molar-refractivity contribution in [2.24, 2.45) is 0 Å². The molecule has 29 heavy (non-hydrogen) atoms. The summed E-state index contributed by atoms with van der Waals surface area (Å²) in [5, 5.41) is 2.70. The molecule has 154 valence electrons. The molecule has 1 aromatic heterocycles. The molecule has 7 heteroatoms. The van der Waals surface area contributed by atoms with Crippen molar-refractivity contribution in [3.63, 3.8) is 0 Å². The lowest BCUT2D eigenvalue weighted by Crippen LogP contribution is -2.45. The fourth-order valence-corrected chi connectivity index (χ4v) is 4.23. The van der Waals surface area contributed by atoms with Crippen LogP contribution in [0.4, 0.5) is 4.79 Å². The van der Waals surface area contributed by atoms with Crippen LogP contribution in [-0.2, 0) is 22.6 Å². The van der Waals surface area contributed by atoms with E-state index in [9.17, 15) is 14.4 Å². The van der Waals surface area contributed by atoms with E-state index in [0.29, 0.717) is 25.9 Å². The maximum Gasteiger partial charge on any atom is 0.325 e. The second-order valence-electron chi connectivity index (χ2n) is 7.57. The van der Waals surface area contributed by atoms with Crippen LogP contribution in [0.25, 0.3) is 0 Å². The molecule has 0 bridgehead atoms. The number of benzene rings is 1. The van der Waals surface area contributed by atoms with Gasteiger partial charge in [-0.1, -0.05) is 37.3 Å². The van der Waals surface area contributed by atoms with Gasteiger partial charge in [-0.25, -0.2) is 4.79 Å². The molecular weight excluding hydrogens is 386 g/mol. The van der Waals surface area contributed by atoms with Crippen LogP contribution >= 0.6 is 11.3 Å². The normalized spacial score (nSPS) is 18.8. The van der Waals surface area contributed by atoms with Crippen LogP contribution < -0.4 is 5.32 Å². The van der Waals surface area contributed by atoms with Crippen LogP contribution in [0, 0.1) is 6.92 Å². The van der Waals surface area contributed by atoms with Gasteiger partial charge in [-0.2, -0.15) is 0 Å². The molecule has 4 amide bonds. The summed E-state index contributed by atoms with van der Waals surface area (Å²) in [6.07, 6.45) is 1.19. The molecule has 0 unspecified atom stereocenters. The monoisotopic (exact) mass is 413 g/mol. The predicted octanol–water partition coefficient (Wildman–Crippen LogP) is 3.35. The fourth-order valence-electron chi connectivity index (χ4n) is 3.32.